The van der Waals surface area contributed by atoms with Crippen LogP contribution in [0.3, 0.4) is 0 Å². The third-order valence-electron chi connectivity index (χ3n) is 1.19. The van der Waals surface area contributed by atoms with Crippen LogP contribution >= 0.6 is 0 Å². The fraction of sp³-hybridized carbons (Fsp3) is 0.200. The van der Waals surface area contributed by atoms with Gasteiger partial charge in [-0.3, -0.25) is 9.59 Å². The Morgan fingerprint density at radius 2 is 2.23 bits per heavy atom. The number of nitrogens with one attached hydrogen (secondary N) is 2. The lowest BCUT2D eigenvalue weighted by Gasteiger charge is -1.97. The van der Waals surface area contributed by atoms with Crippen LogP contribution in [0.25, 0.3) is 0 Å². The minimum absolute atomic E-state index is 0.0668. The maximum absolute atomic E-state index is 11.1. The van der Waals surface area contributed by atoms with Gasteiger partial charge in [-0.1, -0.05) is 0 Å². The molecule has 1 aromatic heterocycles. The largest absolute Gasteiger partial charge is 0.480 e. The van der Waals surface area contributed by atoms with Crippen molar-refractivity contribution in [2.75, 3.05) is 12.3 Å². The third-order valence-corrected chi connectivity index (χ3v) is 1.19. The van der Waals surface area contributed by atoms with Gasteiger partial charge in [0.2, 0.25) is 0 Å². The van der Waals surface area contributed by atoms with Gasteiger partial charge in [0.25, 0.3) is 5.91 Å². The van der Waals surface area contributed by atoms with Crippen molar-refractivity contribution in [3.8, 4) is 0 Å². The number of nitrogen functional groups attached to an aromatic ring is 1. The maximum Gasteiger partial charge on any atom is 0.322 e. The molecule has 0 fully saturated rings. The molecule has 0 spiro atoms. The fourth-order valence-corrected chi connectivity index (χ4v) is 0.646. The molecule has 1 rings (SSSR count). The molecule has 8 heteroatoms. The number of rotatable bonds is 3. The molecule has 1 aromatic rings. The smallest absolute Gasteiger partial charge is 0.322 e. The molecule has 13 heavy (non-hydrogen) atoms. The first-order valence-electron chi connectivity index (χ1n) is 3.27. The minimum atomic E-state index is -1.14. The Hall–Kier alpha value is -2.12. The number of aromatic amines is 1. The number of hydrogen-bond donors (Lipinski definition) is 4. The number of carboxylic acid groups (broad SMARTS) is 1. The van der Waals surface area contributed by atoms with E-state index in [0.29, 0.717) is 0 Å². The van der Waals surface area contributed by atoms with Crippen molar-refractivity contribution >= 4 is 17.7 Å². The zero-order chi connectivity index (χ0) is 9.84. The molecule has 0 radical (unpaired) electrons. The number of aromatic nitrogens is 3. The number of amides is 1. The number of nitrogens with two attached hydrogens (primary N) is 1. The summed E-state index contributed by atoms with van der Waals surface area (Å²) >= 11 is 0. The number of carbonyl (C=O) groups is 2. The maximum atomic E-state index is 11.1. The number of anilines is 1. The van der Waals surface area contributed by atoms with E-state index < -0.39 is 18.4 Å². The van der Waals surface area contributed by atoms with Gasteiger partial charge in [0.1, 0.15) is 6.54 Å². The van der Waals surface area contributed by atoms with Crippen molar-refractivity contribution in [2.24, 2.45) is 0 Å². The van der Waals surface area contributed by atoms with E-state index in [2.05, 4.69) is 20.7 Å². The van der Waals surface area contributed by atoms with E-state index in [9.17, 15) is 9.59 Å². The van der Waals surface area contributed by atoms with Gasteiger partial charge in [-0.2, -0.15) is 5.21 Å². The van der Waals surface area contributed by atoms with Crippen molar-refractivity contribution in [2.45, 2.75) is 0 Å². The molecule has 0 aliphatic heterocycles. The van der Waals surface area contributed by atoms with E-state index in [1.54, 1.807) is 0 Å². The number of carboxylic acids is 1. The van der Waals surface area contributed by atoms with Crippen molar-refractivity contribution in [3.05, 3.63) is 5.69 Å². The third kappa shape index (κ3) is 2.15. The van der Waals surface area contributed by atoms with Crippen LogP contribution in [0.2, 0.25) is 0 Å². The van der Waals surface area contributed by atoms with Gasteiger partial charge in [0.05, 0.1) is 0 Å². The Labute approximate surface area is 72.1 Å². The zero-order valence-electron chi connectivity index (χ0n) is 6.44. The van der Waals surface area contributed by atoms with Crippen LogP contribution in [0.5, 0.6) is 0 Å². The second-order valence-corrected chi connectivity index (χ2v) is 2.13. The predicted octanol–water partition coefficient (Wildman–Crippen LogP) is -1.80. The molecular formula is C5H7N5O3. The highest BCUT2D eigenvalue weighted by Gasteiger charge is 2.14. The van der Waals surface area contributed by atoms with Crippen LogP contribution in [-0.4, -0.2) is 38.9 Å². The summed E-state index contributed by atoms with van der Waals surface area (Å²) in [5.74, 6) is -1.88. The first-order chi connectivity index (χ1) is 6.11. The molecule has 0 unspecified atom stereocenters. The van der Waals surface area contributed by atoms with Crippen LogP contribution in [0.15, 0.2) is 0 Å². The van der Waals surface area contributed by atoms with E-state index in [1.165, 1.54) is 0 Å². The first-order valence-corrected chi connectivity index (χ1v) is 3.27. The van der Waals surface area contributed by atoms with Gasteiger partial charge < -0.3 is 16.2 Å². The second-order valence-electron chi connectivity index (χ2n) is 2.13. The number of hydrogen-bond acceptors (Lipinski definition) is 5. The van der Waals surface area contributed by atoms with Gasteiger partial charge in [0, 0.05) is 0 Å². The summed E-state index contributed by atoms with van der Waals surface area (Å²) in [6.07, 6.45) is 0. The van der Waals surface area contributed by atoms with Crippen molar-refractivity contribution in [3.63, 3.8) is 0 Å². The summed E-state index contributed by atoms with van der Waals surface area (Å²) in [6.45, 7) is -0.481. The van der Waals surface area contributed by atoms with Crippen molar-refractivity contribution in [1.29, 1.82) is 0 Å². The Bertz CT molecular complexity index is 333. The van der Waals surface area contributed by atoms with Crippen LogP contribution in [-0.2, 0) is 4.79 Å². The Balaban J connectivity index is 2.59. The van der Waals surface area contributed by atoms with E-state index in [4.69, 9.17) is 10.8 Å². The molecule has 0 saturated heterocycles. The SMILES string of the molecule is Nc1n[nH]nc1C(=O)NCC(=O)O. The Morgan fingerprint density at radius 3 is 2.69 bits per heavy atom. The summed E-state index contributed by atoms with van der Waals surface area (Å²) in [7, 11) is 0. The van der Waals surface area contributed by atoms with E-state index in [0.717, 1.165) is 0 Å². The Kier molecular flexibility index (Phi) is 2.43. The molecule has 0 atom stereocenters. The standard InChI is InChI=1S/C5H7N5O3/c6-4-3(8-10-9-4)5(13)7-1-2(11)12/h1H2,(H,7,13)(H,11,12)(H3,6,8,9,10). The average Bonchev–Trinajstić information content (AvgIpc) is 2.47. The lowest BCUT2D eigenvalue weighted by atomic mass is 10.4. The minimum Gasteiger partial charge on any atom is -0.480 e. The highest BCUT2D eigenvalue weighted by Crippen LogP contribution is 2.00. The number of nitrogens with zero attached hydrogens (tertiary/aromatic N) is 2. The molecule has 70 valence electrons. The fourth-order valence-electron chi connectivity index (χ4n) is 0.646. The van der Waals surface area contributed by atoms with Crippen LogP contribution in [0.1, 0.15) is 10.5 Å². The van der Waals surface area contributed by atoms with E-state index >= 15 is 0 Å². The van der Waals surface area contributed by atoms with Gasteiger partial charge in [0.15, 0.2) is 11.5 Å². The molecule has 1 heterocycles. The first kappa shape index (κ1) is 8.97. The van der Waals surface area contributed by atoms with Crippen LogP contribution < -0.4 is 11.1 Å². The topological polar surface area (TPSA) is 134 Å². The molecule has 0 saturated carbocycles. The van der Waals surface area contributed by atoms with Crippen molar-refractivity contribution in [1.82, 2.24) is 20.7 Å². The van der Waals surface area contributed by atoms with Gasteiger partial charge >= 0.3 is 5.97 Å². The van der Waals surface area contributed by atoms with Gasteiger partial charge in [-0.15, -0.1) is 10.2 Å². The average molecular weight is 185 g/mol. The highest BCUT2D eigenvalue weighted by atomic mass is 16.4. The summed E-state index contributed by atoms with van der Waals surface area (Å²) in [5, 5.41) is 19.3. The molecule has 5 N–H and O–H groups in total. The summed E-state index contributed by atoms with van der Waals surface area (Å²) in [4.78, 5) is 21.1. The van der Waals surface area contributed by atoms with Crippen LogP contribution in [0.4, 0.5) is 5.82 Å². The van der Waals surface area contributed by atoms with E-state index in [1.807, 2.05) is 0 Å². The van der Waals surface area contributed by atoms with Gasteiger partial charge in [-0.05, 0) is 0 Å². The quantitative estimate of drug-likeness (QED) is 0.439. The zero-order valence-corrected chi connectivity index (χ0v) is 6.44. The normalized spacial score (nSPS) is 9.54. The predicted molar refractivity (Wildman–Crippen MR) is 40.8 cm³/mol. The summed E-state index contributed by atoms with van der Waals surface area (Å²) in [5.41, 5.74) is 5.12. The number of aliphatic carboxylic acids is 1. The Morgan fingerprint density at radius 1 is 1.54 bits per heavy atom. The van der Waals surface area contributed by atoms with Crippen molar-refractivity contribution < 1.29 is 14.7 Å². The monoisotopic (exact) mass is 185 g/mol. The lowest BCUT2D eigenvalue weighted by Crippen LogP contribution is -2.30. The summed E-state index contributed by atoms with van der Waals surface area (Å²) in [6, 6.07) is 0. The lowest BCUT2D eigenvalue weighted by molar-refractivity contribution is -0.135. The second kappa shape index (κ2) is 3.52. The molecule has 8 nitrogen and oxygen atoms in total. The molecule has 1 amide bonds. The molecule has 0 aliphatic rings. The molecule has 0 bridgehead atoms. The number of H-pyrrole nitrogens is 1. The van der Waals surface area contributed by atoms with Gasteiger partial charge in [-0.25, -0.2) is 0 Å². The highest BCUT2D eigenvalue weighted by molar-refractivity contribution is 5.97. The summed E-state index contributed by atoms with van der Waals surface area (Å²) < 4.78 is 0. The number of carbonyl (C=O) groups excluding carboxylic acids is 1. The molecule has 0 aliphatic carbocycles. The van der Waals surface area contributed by atoms with Crippen LogP contribution in [0, 0.1) is 0 Å². The molecule has 0 aromatic carbocycles. The van der Waals surface area contributed by atoms with E-state index in [-0.39, 0.29) is 11.5 Å². The molecular weight excluding hydrogens is 178 g/mol.